The second-order valence-corrected chi connectivity index (χ2v) is 6.74. The van der Waals surface area contributed by atoms with Gasteiger partial charge in [0.05, 0.1) is 12.2 Å². The summed E-state index contributed by atoms with van der Waals surface area (Å²) >= 11 is 0. The van der Waals surface area contributed by atoms with Gasteiger partial charge in [0.1, 0.15) is 5.75 Å². The zero-order valence-electron chi connectivity index (χ0n) is 14.2. The summed E-state index contributed by atoms with van der Waals surface area (Å²) in [5.74, 6) is 0.927. The summed E-state index contributed by atoms with van der Waals surface area (Å²) in [4.78, 5) is 0. The Morgan fingerprint density at radius 2 is 1.67 bits per heavy atom. The zero-order chi connectivity index (χ0) is 15.9. The van der Waals surface area contributed by atoms with Crippen molar-refractivity contribution in [1.82, 2.24) is 5.32 Å². The van der Waals surface area contributed by atoms with Crippen molar-refractivity contribution >= 4 is 0 Å². The van der Waals surface area contributed by atoms with Crippen molar-refractivity contribution in [2.45, 2.75) is 71.6 Å². The van der Waals surface area contributed by atoms with Gasteiger partial charge in [-0.15, -0.1) is 0 Å². The van der Waals surface area contributed by atoms with Crippen molar-refractivity contribution in [2.75, 3.05) is 6.61 Å². The van der Waals surface area contributed by atoms with Crippen molar-refractivity contribution in [3.63, 3.8) is 0 Å². The number of aliphatic hydroxyl groups is 1. The van der Waals surface area contributed by atoms with Gasteiger partial charge in [-0.1, -0.05) is 31.9 Å². The highest BCUT2D eigenvalue weighted by atomic mass is 16.5. The van der Waals surface area contributed by atoms with E-state index in [4.69, 9.17) is 4.74 Å². The van der Waals surface area contributed by atoms with E-state index in [1.54, 1.807) is 0 Å². The van der Waals surface area contributed by atoms with Gasteiger partial charge in [0, 0.05) is 12.1 Å². The third-order valence-electron chi connectivity index (χ3n) is 4.20. The summed E-state index contributed by atoms with van der Waals surface area (Å²) in [6.07, 6.45) is 3.54. The van der Waals surface area contributed by atoms with Crippen molar-refractivity contribution in [2.24, 2.45) is 0 Å². The van der Waals surface area contributed by atoms with Crippen molar-refractivity contribution in [3.8, 4) is 5.75 Å². The van der Waals surface area contributed by atoms with Crippen molar-refractivity contribution in [1.29, 1.82) is 0 Å². The molecule has 0 saturated heterocycles. The summed E-state index contributed by atoms with van der Waals surface area (Å²) in [6.45, 7) is 11.4. The largest absolute Gasteiger partial charge is 0.494 e. The van der Waals surface area contributed by atoms with Gasteiger partial charge in [-0.25, -0.2) is 0 Å². The summed E-state index contributed by atoms with van der Waals surface area (Å²) in [7, 11) is 0. The second-order valence-electron chi connectivity index (χ2n) is 6.74. The number of nitrogens with one attached hydrogen (secondary N) is 1. The van der Waals surface area contributed by atoms with E-state index in [1.165, 1.54) is 18.4 Å². The average Bonchev–Trinajstić information content (AvgIpc) is 2.41. The highest BCUT2D eigenvalue weighted by Crippen LogP contribution is 2.21. The van der Waals surface area contributed by atoms with Crippen LogP contribution < -0.4 is 10.1 Å². The minimum Gasteiger partial charge on any atom is -0.494 e. The lowest BCUT2D eigenvalue weighted by Gasteiger charge is -2.38. The molecule has 0 aliphatic heterocycles. The monoisotopic (exact) mass is 293 g/mol. The maximum Gasteiger partial charge on any atom is 0.119 e. The molecule has 0 heterocycles. The van der Waals surface area contributed by atoms with E-state index >= 15 is 0 Å². The molecule has 1 rings (SSSR count). The van der Waals surface area contributed by atoms with E-state index in [-0.39, 0.29) is 5.54 Å². The van der Waals surface area contributed by atoms with Crippen LogP contribution in [0.1, 0.15) is 59.4 Å². The molecule has 0 bridgehead atoms. The first kappa shape index (κ1) is 18.0. The molecular formula is C18H31NO2. The Morgan fingerprint density at radius 1 is 1.05 bits per heavy atom. The van der Waals surface area contributed by atoms with Gasteiger partial charge < -0.3 is 15.2 Å². The third kappa shape index (κ3) is 6.06. The number of rotatable bonds is 9. The molecule has 0 saturated carbocycles. The van der Waals surface area contributed by atoms with Crippen LogP contribution in [0, 0.1) is 0 Å². The SMILES string of the molecule is CCCCCOc1ccc(CNC(C)(C)C(C)(C)O)cc1. The Hall–Kier alpha value is -1.06. The van der Waals surface area contributed by atoms with Crippen molar-refractivity contribution < 1.29 is 9.84 Å². The molecule has 0 aliphatic carbocycles. The lowest BCUT2D eigenvalue weighted by molar-refractivity contribution is -0.00532. The van der Waals surface area contributed by atoms with Gasteiger partial charge in [-0.3, -0.25) is 0 Å². The first-order chi connectivity index (χ1) is 9.76. The molecular weight excluding hydrogens is 262 g/mol. The molecule has 0 aromatic heterocycles. The van der Waals surface area contributed by atoms with E-state index < -0.39 is 5.60 Å². The molecule has 0 fully saturated rings. The average molecular weight is 293 g/mol. The quantitative estimate of drug-likeness (QED) is 0.679. The lowest BCUT2D eigenvalue weighted by atomic mass is 9.86. The van der Waals surface area contributed by atoms with Gasteiger partial charge in [0.15, 0.2) is 0 Å². The molecule has 0 aliphatic rings. The maximum atomic E-state index is 10.1. The van der Waals surface area contributed by atoms with Crippen LogP contribution in [0.3, 0.4) is 0 Å². The Morgan fingerprint density at radius 3 is 2.19 bits per heavy atom. The summed E-state index contributed by atoms with van der Waals surface area (Å²) in [6, 6.07) is 8.17. The number of ether oxygens (including phenoxy) is 1. The molecule has 1 aromatic rings. The van der Waals surface area contributed by atoms with Gasteiger partial charge in [-0.2, -0.15) is 0 Å². The summed E-state index contributed by atoms with van der Waals surface area (Å²) < 4.78 is 5.70. The van der Waals surface area contributed by atoms with Crippen LogP contribution in [0.5, 0.6) is 5.75 Å². The van der Waals surface area contributed by atoms with E-state index in [0.717, 1.165) is 25.3 Å². The van der Waals surface area contributed by atoms with Crippen LogP contribution in [-0.2, 0) is 6.54 Å². The molecule has 2 N–H and O–H groups in total. The molecule has 3 nitrogen and oxygen atoms in total. The predicted octanol–water partition coefficient (Wildman–Crippen LogP) is 3.89. The standard InChI is InChI=1S/C18H31NO2/c1-6-7-8-13-21-16-11-9-15(10-12-16)14-19-17(2,3)18(4,5)20/h9-12,19-20H,6-8,13-14H2,1-5H3. The number of hydrogen-bond donors (Lipinski definition) is 2. The normalized spacial score (nSPS) is 12.5. The van der Waals surface area contributed by atoms with Gasteiger partial charge in [0.25, 0.3) is 0 Å². The van der Waals surface area contributed by atoms with Crippen LogP contribution in [-0.4, -0.2) is 22.9 Å². The van der Waals surface area contributed by atoms with Gasteiger partial charge >= 0.3 is 0 Å². The van der Waals surface area contributed by atoms with E-state index in [2.05, 4.69) is 24.4 Å². The summed E-state index contributed by atoms with van der Waals surface area (Å²) in [5.41, 5.74) is 0.0747. The van der Waals surface area contributed by atoms with Crippen LogP contribution >= 0.6 is 0 Å². The molecule has 0 radical (unpaired) electrons. The number of benzene rings is 1. The highest BCUT2D eigenvalue weighted by molar-refractivity contribution is 5.27. The second kappa shape index (κ2) is 7.81. The van der Waals surface area contributed by atoms with Crippen LogP contribution in [0.2, 0.25) is 0 Å². The number of hydrogen-bond acceptors (Lipinski definition) is 3. The first-order valence-electron chi connectivity index (χ1n) is 7.95. The van der Waals surface area contributed by atoms with Gasteiger partial charge in [-0.05, 0) is 51.8 Å². The molecule has 0 unspecified atom stereocenters. The molecule has 1 aromatic carbocycles. The highest BCUT2D eigenvalue weighted by Gasteiger charge is 2.34. The molecule has 120 valence electrons. The minimum atomic E-state index is -0.769. The lowest BCUT2D eigenvalue weighted by Crippen LogP contribution is -2.55. The smallest absolute Gasteiger partial charge is 0.119 e. The summed E-state index contributed by atoms with van der Waals surface area (Å²) in [5, 5.41) is 13.5. The molecule has 0 atom stereocenters. The topological polar surface area (TPSA) is 41.5 Å². The Balaban J connectivity index is 2.44. The molecule has 0 amide bonds. The van der Waals surface area contributed by atoms with E-state index in [9.17, 15) is 5.11 Å². The molecule has 3 heteroatoms. The van der Waals surface area contributed by atoms with E-state index in [1.807, 2.05) is 39.8 Å². The van der Waals surface area contributed by atoms with Crippen LogP contribution in [0.4, 0.5) is 0 Å². The Bertz CT molecular complexity index is 404. The fourth-order valence-corrected chi connectivity index (χ4v) is 1.78. The Labute approximate surface area is 129 Å². The maximum absolute atomic E-state index is 10.1. The first-order valence-corrected chi connectivity index (χ1v) is 7.95. The van der Waals surface area contributed by atoms with Crippen LogP contribution in [0.15, 0.2) is 24.3 Å². The van der Waals surface area contributed by atoms with Crippen LogP contribution in [0.25, 0.3) is 0 Å². The fourth-order valence-electron chi connectivity index (χ4n) is 1.78. The molecule has 0 spiro atoms. The van der Waals surface area contributed by atoms with E-state index in [0.29, 0.717) is 0 Å². The number of unbranched alkanes of at least 4 members (excludes halogenated alkanes) is 2. The molecule has 21 heavy (non-hydrogen) atoms. The third-order valence-corrected chi connectivity index (χ3v) is 4.20. The Kier molecular flexibility index (Phi) is 6.69. The minimum absolute atomic E-state index is 0.345. The fraction of sp³-hybridized carbons (Fsp3) is 0.667. The predicted molar refractivity (Wildman–Crippen MR) is 88.7 cm³/mol. The zero-order valence-corrected chi connectivity index (χ0v) is 14.2. The van der Waals surface area contributed by atoms with Crippen molar-refractivity contribution in [3.05, 3.63) is 29.8 Å². The van der Waals surface area contributed by atoms with Gasteiger partial charge in [0.2, 0.25) is 0 Å².